The molecule has 0 aliphatic rings. The maximum absolute atomic E-state index is 9.98. The maximum atomic E-state index is 9.98. The molecule has 24 heavy (non-hydrogen) atoms. The van der Waals surface area contributed by atoms with Gasteiger partial charge in [-0.25, -0.2) is 0 Å². The van der Waals surface area contributed by atoms with Gasteiger partial charge in [0.2, 0.25) is 0 Å². The Labute approximate surface area is 147 Å². The lowest BCUT2D eigenvalue weighted by atomic mass is 10.2. The largest absolute Gasteiger partial charge is 0.466 e. The van der Waals surface area contributed by atoms with Crippen LogP contribution in [0.1, 0.15) is 37.7 Å². The smallest absolute Gasteiger partial charge is 0.302 e. The zero-order chi connectivity index (χ0) is 16.9. The predicted octanol–water partition coefficient (Wildman–Crippen LogP) is 1.80. The van der Waals surface area contributed by atoms with Gasteiger partial charge in [-0.05, 0) is 12.0 Å². The molecule has 0 aliphatic carbocycles. The van der Waals surface area contributed by atoms with Crippen LogP contribution in [0.2, 0.25) is 0 Å². The van der Waals surface area contributed by atoms with Crippen LogP contribution in [0, 0.1) is 0 Å². The lowest BCUT2D eigenvalue weighted by molar-refractivity contribution is -0.140. The van der Waals surface area contributed by atoms with Gasteiger partial charge in [-0.1, -0.05) is 42.5 Å². The highest BCUT2D eigenvalue weighted by molar-refractivity contribution is 5.85. The average molecular weight is 358 g/mol. The van der Waals surface area contributed by atoms with Crippen molar-refractivity contribution in [3.05, 3.63) is 41.7 Å². The quantitative estimate of drug-likeness (QED) is 0.725. The molecular weight excluding hydrogens is 334 g/mol. The molecule has 134 valence electrons. The number of hydrogen-bond donors (Lipinski definition) is 2. The summed E-state index contributed by atoms with van der Waals surface area (Å²) in [6.45, 7) is 4.83. The van der Waals surface area contributed by atoms with Crippen molar-refractivity contribution >= 4 is 18.4 Å². The summed E-state index contributed by atoms with van der Waals surface area (Å²) in [5.74, 6) is 0.273. The molecule has 0 spiro atoms. The number of ether oxygens (including phenoxy) is 2. The molecular formula is C15H24ClN5O3. The minimum Gasteiger partial charge on any atom is -0.466 e. The van der Waals surface area contributed by atoms with Crippen LogP contribution in [0.25, 0.3) is 0 Å². The molecule has 9 heteroatoms. The highest BCUT2D eigenvalue weighted by Crippen LogP contribution is 2.05. The number of benzene rings is 1. The summed E-state index contributed by atoms with van der Waals surface area (Å²) in [4.78, 5) is 9.98. The SMILES string of the molecule is CCCOC(C)=O.Cl.N[C@H](COCc1ccccc1)c1nn[nH]n1. The van der Waals surface area contributed by atoms with Crippen LogP contribution in [0.15, 0.2) is 30.3 Å². The van der Waals surface area contributed by atoms with Crippen molar-refractivity contribution in [2.24, 2.45) is 5.73 Å². The molecule has 0 saturated carbocycles. The van der Waals surface area contributed by atoms with E-state index in [0.717, 1.165) is 12.0 Å². The summed E-state index contributed by atoms with van der Waals surface area (Å²) in [6, 6.07) is 9.56. The molecule has 1 aromatic heterocycles. The maximum Gasteiger partial charge on any atom is 0.302 e. The summed E-state index contributed by atoms with van der Waals surface area (Å²) in [5.41, 5.74) is 6.91. The molecule has 0 fully saturated rings. The zero-order valence-corrected chi connectivity index (χ0v) is 14.7. The molecule has 0 bridgehead atoms. The lowest BCUT2D eigenvalue weighted by Gasteiger charge is -2.08. The van der Waals surface area contributed by atoms with Gasteiger partial charge >= 0.3 is 5.97 Å². The Morgan fingerprint density at radius 3 is 2.54 bits per heavy atom. The van der Waals surface area contributed by atoms with Crippen LogP contribution in [-0.2, 0) is 20.9 Å². The second-order valence-electron chi connectivity index (χ2n) is 4.72. The first-order chi connectivity index (χ1) is 11.1. The van der Waals surface area contributed by atoms with Crippen molar-refractivity contribution in [3.8, 4) is 0 Å². The minimum absolute atomic E-state index is 0. The Morgan fingerprint density at radius 1 is 1.33 bits per heavy atom. The van der Waals surface area contributed by atoms with Gasteiger partial charge in [0.15, 0.2) is 5.82 Å². The van der Waals surface area contributed by atoms with E-state index in [0.29, 0.717) is 25.6 Å². The fourth-order valence-electron chi connectivity index (χ4n) is 1.52. The van der Waals surface area contributed by atoms with Crippen LogP contribution < -0.4 is 5.73 Å². The molecule has 0 radical (unpaired) electrons. The topological polar surface area (TPSA) is 116 Å². The second-order valence-corrected chi connectivity index (χ2v) is 4.72. The van der Waals surface area contributed by atoms with E-state index >= 15 is 0 Å². The molecule has 3 N–H and O–H groups in total. The van der Waals surface area contributed by atoms with Gasteiger partial charge in [-0.2, -0.15) is 5.21 Å². The third kappa shape index (κ3) is 9.88. The summed E-state index contributed by atoms with van der Waals surface area (Å²) in [6.07, 6.45) is 0.902. The molecule has 8 nitrogen and oxygen atoms in total. The summed E-state index contributed by atoms with van der Waals surface area (Å²) in [7, 11) is 0. The van der Waals surface area contributed by atoms with E-state index in [2.05, 4.69) is 25.4 Å². The van der Waals surface area contributed by atoms with E-state index in [1.165, 1.54) is 6.92 Å². The minimum atomic E-state index is -0.345. The molecule has 2 rings (SSSR count). The number of nitrogens with two attached hydrogens (primary N) is 1. The number of H-pyrrole nitrogens is 1. The van der Waals surface area contributed by atoms with Gasteiger partial charge in [-0.15, -0.1) is 22.6 Å². The molecule has 0 aliphatic heterocycles. The van der Waals surface area contributed by atoms with Gasteiger partial charge in [0, 0.05) is 6.92 Å². The second kappa shape index (κ2) is 13.4. The number of halogens is 1. The predicted molar refractivity (Wildman–Crippen MR) is 91.4 cm³/mol. The van der Waals surface area contributed by atoms with E-state index in [9.17, 15) is 4.79 Å². The van der Waals surface area contributed by atoms with Crippen molar-refractivity contribution in [2.45, 2.75) is 32.9 Å². The number of hydrogen-bond acceptors (Lipinski definition) is 7. The van der Waals surface area contributed by atoms with Gasteiger partial charge in [0.1, 0.15) is 0 Å². The van der Waals surface area contributed by atoms with Gasteiger partial charge in [0.05, 0.1) is 25.9 Å². The van der Waals surface area contributed by atoms with Crippen LogP contribution in [0.4, 0.5) is 0 Å². The molecule has 0 unspecified atom stereocenters. The molecule has 0 saturated heterocycles. The number of carbonyl (C=O) groups excluding carboxylic acids is 1. The van der Waals surface area contributed by atoms with E-state index in [-0.39, 0.29) is 24.4 Å². The van der Waals surface area contributed by atoms with Crippen molar-refractivity contribution in [2.75, 3.05) is 13.2 Å². The number of carbonyl (C=O) groups is 1. The average Bonchev–Trinajstić information content (AvgIpc) is 3.09. The van der Waals surface area contributed by atoms with Crippen LogP contribution in [0.5, 0.6) is 0 Å². The summed E-state index contributed by atoms with van der Waals surface area (Å²) >= 11 is 0. The number of aromatic amines is 1. The van der Waals surface area contributed by atoms with Crippen molar-refractivity contribution in [1.82, 2.24) is 20.6 Å². The number of tetrazole rings is 1. The first-order valence-electron chi connectivity index (χ1n) is 7.37. The number of nitrogens with zero attached hydrogens (tertiary/aromatic N) is 3. The normalized spacial score (nSPS) is 10.8. The lowest BCUT2D eigenvalue weighted by Crippen LogP contribution is -2.18. The van der Waals surface area contributed by atoms with Gasteiger partial charge in [-0.3, -0.25) is 4.79 Å². The van der Waals surface area contributed by atoms with E-state index in [1.54, 1.807) is 0 Å². The third-order valence-corrected chi connectivity index (χ3v) is 2.61. The fourth-order valence-corrected chi connectivity index (χ4v) is 1.52. The number of aromatic nitrogens is 4. The standard InChI is InChI=1S/C10H13N5O.C5H10O2.ClH/c11-9(10-12-14-15-13-10)7-16-6-8-4-2-1-3-5-8;1-3-4-7-5(2)6;/h1-5,9H,6-7,11H2,(H,12,13,14,15);3-4H2,1-2H3;1H/t9-;;/m1../s1. The monoisotopic (exact) mass is 357 g/mol. The number of nitrogens with one attached hydrogen (secondary N) is 1. The van der Waals surface area contributed by atoms with E-state index in [1.807, 2.05) is 37.3 Å². The molecule has 2 aromatic rings. The Hall–Kier alpha value is -2.03. The highest BCUT2D eigenvalue weighted by Gasteiger charge is 2.10. The number of esters is 1. The van der Waals surface area contributed by atoms with Crippen LogP contribution in [0.3, 0.4) is 0 Å². The highest BCUT2D eigenvalue weighted by atomic mass is 35.5. The molecule has 1 aromatic carbocycles. The van der Waals surface area contributed by atoms with Crippen molar-refractivity contribution in [3.63, 3.8) is 0 Å². The Bertz CT molecular complexity index is 539. The fraction of sp³-hybridized carbons (Fsp3) is 0.467. The van der Waals surface area contributed by atoms with Gasteiger partial charge < -0.3 is 15.2 Å². The third-order valence-electron chi connectivity index (χ3n) is 2.61. The Kier molecular flexibility index (Phi) is 12.3. The summed E-state index contributed by atoms with van der Waals surface area (Å²) in [5, 5.41) is 13.4. The molecule has 0 amide bonds. The molecule has 1 atom stereocenters. The molecule has 1 heterocycles. The Balaban J connectivity index is 0.000000570. The Morgan fingerprint density at radius 2 is 2.04 bits per heavy atom. The summed E-state index contributed by atoms with van der Waals surface area (Å²) < 4.78 is 10.0. The first-order valence-corrected chi connectivity index (χ1v) is 7.37. The van der Waals surface area contributed by atoms with Crippen molar-refractivity contribution < 1.29 is 14.3 Å². The van der Waals surface area contributed by atoms with Crippen LogP contribution in [-0.4, -0.2) is 39.8 Å². The number of rotatable bonds is 7. The first kappa shape index (κ1) is 22.0. The van der Waals surface area contributed by atoms with E-state index in [4.69, 9.17) is 10.5 Å². The zero-order valence-electron chi connectivity index (χ0n) is 13.8. The van der Waals surface area contributed by atoms with Crippen LogP contribution >= 0.6 is 12.4 Å². The van der Waals surface area contributed by atoms with E-state index < -0.39 is 0 Å². The van der Waals surface area contributed by atoms with Gasteiger partial charge in [0.25, 0.3) is 0 Å². The van der Waals surface area contributed by atoms with Crippen molar-refractivity contribution in [1.29, 1.82) is 0 Å².